The van der Waals surface area contributed by atoms with E-state index >= 15 is 0 Å². The Balaban J connectivity index is 2.60. The zero-order chi connectivity index (χ0) is 12.8. The van der Waals surface area contributed by atoms with Crippen molar-refractivity contribution >= 4 is 11.5 Å². The Kier molecular flexibility index (Phi) is 4.63. The lowest BCUT2D eigenvalue weighted by atomic mass is 10.2. The number of non-ortho nitro benzene ring substituents is 1. The highest BCUT2D eigenvalue weighted by Crippen LogP contribution is 2.24. The fourth-order valence-corrected chi connectivity index (χ4v) is 1.36. The molecule has 0 saturated carbocycles. The number of nitro benzene ring substituents is 1. The van der Waals surface area contributed by atoms with Crippen LogP contribution in [0.25, 0.3) is 0 Å². The molecular formula is C12H15NO4. The van der Waals surface area contributed by atoms with E-state index in [9.17, 15) is 14.9 Å². The average Bonchev–Trinajstić information content (AvgIpc) is 2.25. The molecule has 1 rings (SSSR count). The van der Waals surface area contributed by atoms with E-state index in [2.05, 4.69) is 0 Å². The van der Waals surface area contributed by atoms with Gasteiger partial charge < -0.3 is 9.53 Å². The van der Waals surface area contributed by atoms with Gasteiger partial charge in [-0.1, -0.05) is 0 Å². The highest BCUT2D eigenvalue weighted by Gasteiger charge is 2.09. The van der Waals surface area contributed by atoms with E-state index in [1.165, 1.54) is 19.1 Å². The largest absolute Gasteiger partial charge is 0.493 e. The molecule has 0 fully saturated rings. The van der Waals surface area contributed by atoms with Gasteiger partial charge in [0.1, 0.15) is 11.5 Å². The van der Waals surface area contributed by atoms with Gasteiger partial charge in [-0.2, -0.15) is 0 Å². The minimum Gasteiger partial charge on any atom is -0.493 e. The van der Waals surface area contributed by atoms with E-state index in [1.807, 2.05) is 6.92 Å². The molecule has 5 nitrogen and oxygen atoms in total. The molecule has 92 valence electrons. The third kappa shape index (κ3) is 4.22. The van der Waals surface area contributed by atoms with Gasteiger partial charge in [0, 0.05) is 12.5 Å². The molecule has 0 unspecified atom stereocenters. The van der Waals surface area contributed by atoms with E-state index in [1.54, 1.807) is 6.07 Å². The van der Waals surface area contributed by atoms with Crippen molar-refractivity contribution in [3.63, 3.8) is 0 Å². The van der Waals surface area contributed by atoms with Gasteiger partial charge in [-0.3, -0.25) is 10.1 Å². The Hall–Kier alpha value is -1.91. The third-order valence-corrected chi connectivity index (χ3v) is 2.31. The van der Waals surface area contributed by atoms with Gasteiger partial charge in [-0.05, 0) is 31.9 Å². The number of Topliss-reactive ketones (excluding diaryl/α,β-unsaturated/α-hetero) is 1. The summed E-state index contributed by atoms with van der Waals surface area (Å²) in [5.74, 6) is 0.618. The van der Waals surface area contributed by atoms with Crippen LogP contribution in [0, 0.1) is 17.0 Å². The van der Waals surface area contributed by atoms with Crippen LogP contribution >= 0.6 is 0 Å². The maximum Gasteiger partial charge on any atom is 0.273 e. The number of hydrogen-bond donors (Lipinski definition) is 0. The Morgan fingerprint density at radius 2 is 2.18 bits per heavy atom. The quantitative estimate of drug-likeness (QED) is 0.433. The summed E-state index contributed by atoms with van der Waals surface area (Å²) in [4.78, 5) is 20.9. The van der Waals surface area contributed by atoms with Crippen molar-refractivity contribution < 1.29 is 14.5 Å². The number of hydrogen-bond acceptors (Lipinski definition) is 4. The van der Waals surface area contributed by atoms with Crippen molar-refractivity contribution in [1.82, 2.24) is 0 Å². The maximum absolute atomic E-state index is 10.7. The molecule has 0 aliphatic rings. The number of carbonyl (C=O) groups excluding carboxylic acids is 1. The molecule has 1 aromatic carbocycles. The van der Waals surface area contributed by atoms with Crippen LogP contribution in [0.1, 0.15) is 25.3 Å². The van der Waals surface area contributed by atoms with Crippen molar-refractivity contribution in [1.29, 1.82) is 0 Å². The van der Waals surface area contributed by atoms with Crippen LogP contribution < -0.4 is 4.74 Å². The topological polar surface area (TPSA) is 69.4 Å². The van der Waals surface area contributed by atoms with E-state index in [4.69, 9.17) is 4.74 Å². The predicted molar refractivity (Wildman–Crippen MR) is 63.2 cm³/mol. The first kappa shape index (κ1) is 13.2. The number of carbonyl (C=O) groups is 1. The lowest BCUT2D eigenvalue weighted by molar-refractivity contribution is -0.384. The summed E-state index contributed by atoms with van der Waals surface area (Å²) in [6.45, 7) is 3.74. The van der Waals surface area contributed by atoms with Crippen molar-refractivity contribution in [2.75, 3.05) is 6.61 Å². The smallest absolute Gasteiger partial charge is 0.273 e. The first-order chi connectivity index (χ1) is 8.00. The monoisotopic (exact) mass is 237 g/mol. The second-order valence-corrected chi connectivity index (χ2v) is 3.86. The number of benzene rings is 1. The van der Waals surface area contributed by atoms with E-state index in [-0.39, 0.29) is 11.5 Å². The molecule has 1 aromatic rings. The molecular weight excluding hydrogens is 222 g/mol. The lowest BCUT2D eigenvalue weighted by Gasteiger charge is -2.08. The van der Waals surface area contributed by atoms with Crippen LogP contribution in [0.3, 0.4) is 0 Å². The van der Waals surface area contributed by atoms with E-state index in [0.717, 1.165) is 5.56 Å². The summed E-state index contributed by atoms with van der Waals surface area (Å²) >= 11 is 0. The maximum atomic E-state index is 10.7. The number of ketones is 1. The van der Waals surface area contributed by atoms with Gasteiger partial charge in [-0.25, -0.2) is 0 Å². The van der Waals surface area contributed by atoms with Gasteiger partial charge in [0.05, 0.1) is 17.6 Å². The third-order valence-electron chi connectivity index (χ3n) is 2.31. The van der Waals surface area contributed by atoms with Gasteiger partial charge in [0.15, 0.2) is 0 Å². The minimum atomic E-state index is -0.456. The highest BCUT2D eigenvalue weighted by molar-refractivity contribution is 5.75. The number of nitro groups is 1. The highest BCUT2D eigenvalue weighted by atomic mass is 16.6. The molecule has 0 spiro atoms. The average molecular weight is 237 g/mol. The summed E-state index contributed by atoms with van der Waals surface area (Å²) in [6, 6.07) is 4.50. The molecule has 0 radical (unpaired) electrons. The standard InChI is InChI=1S/C12H15NO4/c1-9-5-6-11(13(15)16)8-12(9)17-7-3-4-10(2)14/h5-6,8H,3-4,7H2,1-2H3. The fraction of sp³-hybridized carbons (Fsp3) is 0.417. The number of ether oxygens (including phenoxy) is 1. The molecule has 0 aliphatic heterocycles. The molecule has 0 heterocycles. The Morgan fingerprint density at radius 3 is 2.76 bits per heavy atom. The van der Waals surface area contributed by atoms with Crippen LogP contribution in [0.2, 0.25) is 0 Å². The van der Waals surface area contributed by atoms with Crippen LogP contribution in [0.15, 0.2) is 18.2 Å². The molecule has 0 amide bonds. The summed E-state index contributed by atoms with van der Waals surface area (Å²) < 4.78 is 5.42. The van der Waals surface area contributed by atoms with Gasteiger partial charge in [0.2, 0.25) is 0 Å². The number of nitrogens with zero attached hydrogens (tertiary/aromatic N) is 1. The van der Waals surface area contributed by atoms with Crippen molar-refractivity contribution in [2.24, 2.45) is 0 Å². The number of aryl methyl sites for hydroxylation is 1. The first-order valence-corrected chi connectivity index (χ1v) is 5.38. The van der Waals surface area contributed by atoms with Gasteiger partial charge in [-0.15, -0.1) is 0 Å². The van der Waals surface area contributed by atoms with Crippen LogP contribution in [-0.2, 0) is 4.79 Å². The Morgan fingerprint density at radius 1 is 1.47 bits per heavy atom. The lowest BCUT2D eigenvalue weighted by Crippen LogP contribution is -2.02. The molecule has 0 N–H and O–H groups in total. The molecule has 0 aromatic heterocycles. The fourth-order valence-electron chi connectivity index (χ4n) is 1.36. The molecule has 0 bridgehead atoms. The molecule has 17 heavy (non-hydrogen) atoms. The first-order valence-electron chi connectivity index (χ1n) is 5.38. The van der Waals surface area contributed by atoms with E-state index in [0.29, 0.717) is 25.2 Å². The normalized spacial score (nSPS) is 10.0. The summed E-state index contributed by atoms with van der Waals surface area (Å²) in [7, 11) is 0. The van der Waals surface area contributed by atoms with Crippen molar-refractivity contribution in [2.45, 2.75) is 26.7 Å². The second kappa shape index (κ2) is 5.98. The Labute approximate surface area is 99.5 Å². The molecule has 0 atom stereocenters. The molecule has 0 saturated heterocycles. The van der Waals surface area contributed by atoms with Crippen LogP contribution in [-0.4, -0.2) is 17.3 Å². The summed E-state index contributed by atoms with van der Waals surface area (Å²) in [6.07, 6.45) is 1.09. The zero-order valence-corrected chi connectivity index (χ0v) is 9.93. The number of rotatable bonds is 6. The Bertz CT molecular complexity index is 429. The van der Waals surface area contributed by atoms with Crippen LogP contribution in [0.5, 0.6) is 5.75 Å². The molecule has 5 heteroatoms. The second-order valence-electron chi connectivity index (χ2n) is 3.86. The summed E-state index contributed by atoms with van der Waals surface area (Å²) in [5.41, 5.74) is 0.857. The predicted octanol–water partition coefficient (Wildman–Crippen LogP) is 2.65. The summed E-state index contributed by atoms with van der Waals surface area (Å²) in [5, 5.41) is 10.6. The van der Waals surface area contributed by atoms with Crippen LogP contribution in [0.4, 0.5) is 5.69 Å². The minimum absolute atomic E-state index is 0.0113. The van der Waals surface area contributed by atoms with Gasteiger partial charge in [0.25, 0.3) is 5.69 Å². The van der Waals surface area contributed by atoms with E-state index < -0.39 is 4.92 Å². The molecule has 0 aliphatic carbocycles. The van der Waals surface area contributed by atoms with Gasteiger partial charge >= 0.3 is 0 Å². The van der Waals surface area contributed by atoms with Crippen molar-refractivity contribution in [3.8, 4) is 5.75 Å². The SMILES string of the molecule is CC(=O)CCCOc1cc([N+](=O)[O-])ccc1C. The zero-order valence-electron chi connectivity index (χ0n) is 9.93. The van der Waals surface area contributed by atoms with Crippen molar-refractivity contribution in [3.05, 3.63) is 33.9 Å².